The standard InChI is InChI=1S/C26H23FN2O2S/c1-17-5-3-6-19(13-17)16-28-23-10-9-18(2)14-22(23)26(25(28)31)29(11-12-32-26)24(30)20-7-4-8-21(27)15-20/h3-10,13-15H,11-12,16H2,1-2H3/t26-/m0/s1. The topological polar surface area (TPSA) is 40.6 Å². The van der Waals surface area contributed by atoms with Gasteiger partial charge in [-0.1, -0.05) is 53.6 Å². The number of fused-ring (bicyclic) bond motifs is 2. The van der Waals surface area contributed by atoms with Gasteiger partial charge < -0.3 is 9.80 Å². The van der Waals surface area contributed by atoms with Crippen molar-refractivity contribution in [1.82, 2.24) is 4.90 Å². The first-order chi connectivity index (χ1) is 15.4. The van der Waals surface area contributed by atoms with E-state index in [4.69, 9.17) is 0 Å². The third-order valence-corrected chi connectivity index (χ3v) is 7.51. The zero-order chi connectivity index (χ0) is 22.5. The molecule has 0 aliphatic carbocycles. The Labute approximate surface area is 191 Å². The summed E-state index contributed by atoms with van der Waals surface area (Å²) < 4.78 is 13.8. The molecule has 6 heteroatoms. The lowest BCUT2D eigenvalue weighted by molar-refractivity contribution is -0.123. The van der Waals surface area contributed by atoms with Crippen molar-refractivity contribution >= 4 is 29.3 Å². The Morgan fingerprint density at radius 3 is 2.59 bits per heavy atom. The van der Waals surface area contributed by atoms with Gasteiger partial charge in [0, 0.05) is 23.4 Å². The molecule has 1 saturated heterocycles. The molecule has 1 fully saturated rings. The first-order valence-corrected chi connectivity index (χ1v) is 11.6. The summed E-state index contributed by atoms with van der Waals surface area (Å²) in [6.07, 6.45) is 0. The first-order valence-electron chi connectivity index (χ1n) is 10.6. The molecule has 32 heavy (non-hydrogen) atoms. The Hall–Kier alpha value is -3.12. The average Bonchev–Trinajstić information content (AvgIpc) is 3.30. The van der Waals surface area contributed by atoms with Crippen molar-refractivity contribution in [3.05, 3.63) is 100 Å². The van der Waals surface area contributed by atoms with Gasteiger partial charge in [0.05, 0.1) is 12.2 Å². The molecule has 0 bridgehead atoms. The van der Waals surface area contributed by atoms with Crippen molar-refractivity contribution in [3.63, 3.8) is 0 Å². The summed E-state index contributed by atoms with van der Waals surface area (Å²) in [4.78, 5) is 29.8. The Bertz CT molecular complexity index is 1240. The highest BCUT2D eigenvalue weighted by Gasteiger charge is 2.59. The van der Waals surface area contributed by atoms with Gasteiger partial charge >= 0.3 is 0 Å². The van der Waals surface area contributed by atoms with E-state index >= 15 is 0 Å². The number of hydrogen-bond acceptors (Lipinski definition) is 3. The van der Waals surface area contributed by atoms with Crippen molar-refractivity contribution in [3.8, 4) is 0 Å². The van der Waals surface area contributed by atoms with E-state index in [1.165, 1.54) is 30.0 Å². The third-order valence-electron chi connectivity index (χ3n) is 6.09. The lowest BCUT2D eigenvalue weighted by Gasteiger charge is -2.33. The maximum Gasteiger partial charge on any atom is 0.268 e. The molecule has 0 radical (unpaired) electrons. The van der Waals surface area contributed by atoms with Gasteiger partial charge in [0.1, 0.15) is 5.82 Å². The van der Waals surface area contributed by atoms with Gasteiger partial charge in [-0.15, -0.1) is 11.8 Å². The molecule has 0 aromatic heterocycles. The van der Waals surface area contributed by atoms with E-state index in [9.17, 15) is 14.0 Å². The van der Waals surface area contributed by atoms with Crippen LogP contribution in [0, 0.1) is 19.7 Å². The number of carbonyl (C=O) groups is 2. The van der Waals surface area contributed by atoms with Crippen LogP contribution < -0.4 is 4.90 Å². The zero-order valence-electron chi connectivity index (χ0n) is 18.0. The number of halogens is 1. The Morgan fingerprint density at radius 1 is 1.03 bits per heavy atom. The summed E-state index contributed by atoms with van der Waals surface area (Å²) in [5.41, 5.74) is 5.11. The molecule has 4 nitrogen and oxygen atoms in total. The normalized spacial score (nSPS) is 19.7. The van der Waals surface area contributed by atoms with Gasteiger partial charge in [0.2, 0.25) is 0 Å². The highest BCUT2D eigenvalue weighted by Crippen LogP contribution is 2.55. The molecular weight excluding hydrogens is 423 g/mol. The van der Waals surface area contributed by atoms with Gasteiger partial charge in [0.15, 0.2) is 4.87 Å². The van der Waals surface area contributed by atoms with E-state index in [-0.39, 0.29) is 17.4 Å². The van der Waals surface area contributed by atoms with Crippen LogP contribution in [0.4, 0.5) is 10.1 Å². The summed E-state index contributed by atoms with van der Waals surface area (Å²) in [7, 11) is 0. The van der Waals surface area contributed by atoms with Crippen LogP contribution in [0.5, 0.6) is 0 Å². The minimum Gasteiger partial charge on any atom is -0.311 e. The molecule has 0 N–H and O–H groups in total. The van der Waals surface area contributed by atoms with Crippen molar-refractivity contribution in [2.75, 3.05) is 17.2 Å². The number of amides is 2. The van der Waals surface area contributed by atoms with Crippen molar-refractivity contribution in [2.45, 2.75) is 25.3 Å². The maximum absolute atomic E-state index is 14.0. The first kappa shape index (κ1) is 20.8. The van der Waals surface area contributed by atoms with Crippen LogP contribution in [0.3, 0.4) is 0 Å². The van der Waals surface area contributed by atoms with Crippen LogP contribution in [-0.2, 0) is 16.2 Å². The quantitative estimate of drug-likeness (QED) is 0.567. The molecule has 0 unspecified atom stereocenters. The van der Waals surface area contributed by atoms with Gasteiger partial charge in [-0.25, -0.2) is 4.39 Å². The second-order valence-corrected chi connectivity index (χ2v) is 9.65. The van der Waals surface area contributed by atoms with E-state index in [0.717, 1.165) is 27.9 Å². The van der Waals surface area contributed by atoms with E-state index in [1.54, 1.807) is 15.9 Å². The fourth-order valence-corrected chi connectivity index (χ4v) is 6.11. The third kappa shape index (κ3) is 3.21. The molecule has 1 atom stereocenters. The number of anilines is 1. The summed E-state index contributed by atoms with van der Waals surface area (Å²) in [5.74, 6) is -0.273. The molecular formula is C26H23FN2O2S. The zero-order valence-corrected chi connectivity index (χ0v) is 18.8. The minimum atomic E-state index is -1.13. The minimum absolute atomic E-state index is 0.119. The molecule has 5 rings (SSSR count). The Morgan fingerprint density at radius 2 is 1.81 bits per heavy atom. The number of carbonyl (C=O) groups excluding carboxylic acids is 2. The van der Waals surface area contributed by atoms with Crippen LogP contribution in [0.15, 0.2) is 66.7 Å². The summed E-state index contributed by atoms with van der Waals surface area (Å²) in [6, 6.07) is 19.7. The van der Waals surface area contributed by atoms with Gasteiger partial charge in [-0.2, -0.15) is 0 Å². The molecule has 2 amide bonds. The molecule has 0 saturated carbocycles. The molecule has 3 aromatic rings. The number of aryl methyl sites for hydroxylation is 2. The maximum atomic E-state index is 14.0. The Balaban J connectivity index is 1.60. The summed E-state index contributed by atoms with van der Waals surface area (Å²) in [6.45, 7) is 4.87. The number of thioether (sulfide) groups is 1. The molecule has 3 aromatic carbocycles. The number of nitrogens with zero attached hydrogens (tertiary/aromatic N) is 2. The van der Waals surface area contributed by atoms with E-state index in [2.05, 4.69) is 6.07 Å². The molecule has 2 aliphatic heterocycles. The number of hydrogen-bond donors (Lipinski definition) is 0. The second-order valence-electron chi connectivity index (χ2n) is 8.36. The largest absolute Gasteiger partial charge is 0.311 e. The molecule has 162 valence electrons. The predicted molar refractivity (Wildman–Crippen MR) is 125 cm³/mol. The van der Waals surface area contributed by atoms with Crippen LogP contribution >= 0.6 is 11.8 Å². The van der Waals surface area contributed by atoms with E-state index in [0.29, 0.717) is 18.8 Å². The van der Waals surface area contributed by atoms with Crippen molar-refractivity contribution in [1.29, 1.82) is 0 Å². The van der Waals surface area contributed by atoms with Crippen LogP contribution in [0.2, 0.25) is 0 Å². The smallest absolute Gasteiger partial charge is 0.268 e. The van der Waals surface area contributed by atoms with E-state index in [1.807, 2.05) is 50.2 Å². The van der Waals surface area contributed by atoms with Crippen LogP contribution in [0.1, 0.15) is 32.6 Å². The van der Waals surface area contributed by atoms with Crippen molar-refractivity contribution in [2.24, 2.45) is 0 Å². The van der Waals surface area contributed by atoms with Crippen molar-refractivity contribution < 1.29 is 14.0 Å². The molecule has 1 spiro atoms. The number of rotatable bonds is 3. The van der Waals surface area contributed by atoms with E-state index < -0.39 is 10.7 Å². The molecule has 2 heterocycles. The van der Waals surface area contributed by atoms with Crippen LogP contribution in [0.25, 0.3) is 0 Å². The highest BCUT2D eigenvalue weighted by molar-refractivity contribution is 8.01. The monoisotopic (exact) mass is 446 g/mol. The Kier molecular flexibility index (Phi) is 5.05. The summed E-state index contributed by atoms with van der Waals surface area (Å²) in [5, 5.41) is 0. The lowest BCUT2D eigenvalue weighted by atomic mass is 10.0. The van der Waals surface area contributed by atoms with Gasteiger partial charge in [-0.3, -0.25) is 9.59 Å². The SMILES string of the molecule is Cc1cccc(CN2C(=O)[C@@]3(SCCN3C(=O)c3cccc(F)c3)c3cc(C)ccc32)c1. The van der Waals surface area contributed by atoms with Crippen LogP contribution in [-0.4, -0.2) is 29.0 Å². The number of benzene rings is 3. The van der Waals surface area contributed by atoms with Gasteiger partial charge in [0.25, 0.3) is 11.8 Å². The molecule has 2 aliphatic rings. The summed E-state index contributed by atoms with van der Waals surface area (Å²) >= 11 is 1.48. The fourth-order valence-electron chi connectivity index (χ4n) is 4.66. The second kappa shape index (κ2) is 7.78. The van der Waals surface area contributed by atoms with Gasteiger partial charge in [-0.05, 0) is 43.7 Å². The fraction of sp³-hybridized carbons (Fsp3) is 0.231. The lowest BCUT2D eigenvalue weighted by Crippen LogP contribution is -2.50. The average molecular weight is 447 g/mol. The highest BCUT2D eigenvalue weighted by atomic mass is 32.2. The predicted octanol–water partition coefficient (Wildman–Crippen LogP) is 5.03.